The summed E-state index contributed by atoms with van der Waals surface area (Å²) in [5, 5.41) is 0. The highest BCUT2D eigenvalue weighted by Gasteiger charge is 2.37. The highest BCUT2D eigenvalue weighted by molar-refractivity contribution is 5.42. The zero-order valence-electron chi connectivity index (χ0n) is 12.2. The molecule has 0 radical (unpaired) electrons. The molecule has 3 rings (SSSR count). The molecule has 0 bridgehead atoms. The van der Waals surface area contributed by atoms with E-state index in [1.54, 1.807) is 12.1 Å². The molecule has 0 saturated carbocycles. The molecule has 110 valence electrons. The van der Waals surface area contributed by atoms with Crippen LogP contribution in [0.15, 0.2) is 42.5 Å². The van der Waals surface area contributed by atoms with Crippen LogP contribution < -0.4 is 10.5 Å². The van der Waals surface area contributed by atoms with Crippen LogP contribution in [0.2, 0.25) is 0 Å². The average Bonchev–Trinajstić information content (AvgIpc) is 2.87. The Morgan fingerprint density at radius 1 is 1.24 bits per heavy atom. The van der Waals surface area contributed by atoms with E-state index in [1.807, 2.05) is 6.07 Å². The number of ether oxygens (including phenoxy) is 1. The van der Waals surface area contributed by atoms with Crippen LogP contribution in [0.5, 0.6) is 5.75 Å². The predicted octanol–water partition coefficient (Wildman–Crippen LogP) is 3.22. The number of aryl methyl sites for hydroxylation is 1. The topological polar surface area (TPSA) is 35.2 Å². The fourth-order valence-electron chi connectivity index (χ4n) is 3.44. The van der Waals surface area contributed by atoms with E-state index in [1.165, 1.54) is 18.2 Å². The first kappa shape index (κ1) is 14.1. The van der Waals surface area contributed by atoms with Crippen molar-refractivity contribution in [2.75, 3.05) is 13.7 Å². The zero-order chi connectivity index (χ0) is 14.9. The number of benzene rings is 2. The normalized spacial score (nSPS) is 20.3. The second-order valence-electron chi connectivity index (χ2n) is 5.79. The Kier molecular flexibility index (Phi) is 3.68. The summed E-state index contributed by atoms with van der Waals surface area (Å²) < 4.78 is 18.9. The van der Waals surface area contributed by atoms with Crippen molar-refractivity contribution >= 4 is 0 Å². The van der Waals surface area contributed by atoms with Crippen LogP contribution >= 0.6 is 0 Å². The van der Waals surface area contributed by atoms with Crippen LogP contribution in [0.4, 0.5) is 4.39 Å². The molecule has 2 N–H and O–H groups in total. The second-order valence-corrected chi connectivity index (χ2v) is 5.79. The first-order valence-corrected chi connectivity index (χ1v) is 7.29. The molecule has 1 unspecified atom stereocenters. The minimum atomic E-state index is -0.312. The summed E-state index contributed by atoms with van der Waals surface area (Å²) >= 11 is 0. The lowest BCUT2D eigenvalue weighted by Gasteiger charge is -2.29. The lowest BCUT2D eigenvalue weighted by atomic mass is 9.76. The van der Waals surface area contributed by atoms with Crippen molar-refractivity contribution in [2.45, 2.75) is 24.7 Å². The number of nitrogens with two attached hydrogens (primary N) is 1. The standard InChI is InChI=1S/C18H20FNO/c1-21-17-7-6-13(10-16(17)19)11-18(12-20)9-8-14-4-2-3-5-15(14)18/h2-7,10H,8-9,11-12,20H2,1H3. The summed E-state index contributed by atoms with van der Waals surface area (Å²) in [4.78, 5) is 0. The molecular formula is C18H20FNO. The second kappa shape index (κ2) is 5.49. The summed E-state index contributed by atoms with van der Waals surface area (Å²) in [5.41, 5.74) is 9.70. The summed E-state index contributed by atoms with van der Waals surface area (Å²) in [7, 11) is 1.48. The first-order valence-electron chi connectivity index (χ1n) is 7.29. The number of methoxy groups -OCH3 is 1. The van der Waals surface area contributed by atoms with E-state index < -0.39 is 0 Å². The highest BCUT2D eigenvalue weighted by Crippen LogP contribution is 2.41. The van der Waals surface area contributed by atoms with Gasteiger partial charge in [0.15, 0.2) is 11.6 Å². The van der Waals surface area contributed by atoms with Crippen LogP contribution in [0, 0.1) is 5.82 Å². The van der Waals surface area contributed by atoms with E-state index in [0.717, 1.165) is 24.8 Å². The summed E-state index contributed by atoms with van der Waals surface area (Å²) in [6.07, 6.45) is 2.84. The number of rotatable bonds is 4. The minimum Gasteiger partial charge on any atom is -0.494 e. The molecule has 0 amide bonds. The summed E-state index contributed by atoms with van der Waals surface area (Å²) in [5.74, 6) is -0.0270. The molecule has 0 aliphatic heterocycles. The van der Waals surface area contributed by atoms with E-state index in [0.29, 0.717) is 6.54 Å². The maximum Gasteiger partial charge on any atom is 0.165 e. The largest absolute Gasteiger partial charge is 0.494 e. The van der Waals surface area contributed by atoms with Gasteiger partial charge in [-0.2, -0.15) is 0 Å². The van der Waals surface area contributed by atoms with E-state index in [2.05, 4.69) is 24.3 Å². The number of hydrogen-bond acceptors (Lipinski definition) is 2. The lowest BCUT2D eigenvalue weighted by Crippen LogP contribution is -2.35. The van der Waals surface area contributed by atoms with Crippen molar-refractivity contribution in [1.82, 2.24) is 0 Å². The smallest absolute Gasteiger partial charge is 0.165 e. The van der Waals surface area contributed by atoms with Gasteiger partial charge < -0.3 is 10.5 Å². The van der Waals surface area contributed by atoms with Gasteiger partial charge in [-0.1, -0.05) is 30.3 Å². The van der Waals surface area contributed by atoms with Crippen LogP contribution in [0.3, 0.4) is 0 Å². The Bertz CT molecular complexity index is 655. The number of fused-ring (bicyclic) bond motifs is 1. The van der Waals surface area contributed by atoms with Crippen molar-refractivity contribution < 1.29 is 9.13 Å². The SMILES string of the molecule is COc1ccc(CC2(CN)CCc3ccccc32)cc1F. The first-order chi connectivity index (χ1) is 10.2. The molecule has 0 fully saturated rings. The molecule has 0 heterocycles. The third-order valence-corrected chi connectivity index (χ3v) is 4.61. The van der Waals surface area contributed by atoms with Crippen LogP contribution in [0.25, 0.3) is 0 Å². The quantitative estimate of drug-likeness (QED) is 0.936. The molecule has 0 spiro atoms. The van der Waals surface area contributed by atoms with Crippen molar-refractivity contribution in [3.8, 4) is 5.75 Å². The molecule has 2 aromatic carbocycles. The lowest BCUT2D eigenvalue weighted by molar-refractivity contribution is 0.384. The Balaban J connectivity index is 1.94. The molecule has 0 saturated heterocycles. The van der Waals surface area contributed by atoms with Crippen molar-refractivity contribution in [2.24, 2.45) is 5.73 Å². The van der Waals surface area contributed by atoms with E-state index >= 15 is 0 Å². The number of hydrogen-bond donors (Lipinski definition) is 1. The highest BCUT2D eigenvalue weighted by atomic mass is 19.1. The molecule has 3 heteroatoms. The molecular weight excluding hydrogens is 265 g/mol. The molecule has 2 nitrogen and oxygen atoms in total. The molecule has 0 aromatic heterocycles. The fourth-order valence-corrected chi connectivity index (χ4v) is 3.44. The van der Waals surface area contributed by atoms with Gasteiger partial charge in [-0.05, 0) is 48.1 Å². The van der Waals surface area contributed by atoms with E-state index in [-0.39, 0.29) is 17.0 Å². The summed E-state index contributed by atoms with van der Waals surface area (Å²) in [6, 6.07) is 13.6. The monoisotopic (exact) mass is 285 g/mol. The van der Waals surface area contributed by atoms with Gasteiger partial charge in [0.25, 0.3) is 0 Å². The Labute approximate surface area is 124 Å². The van der Waals surface area contributed by atoms with E-state index in [4.69, 9.17) is 10.5 Å². The van der Waals surface area contributed by atoms with Gasteiger partial charge in [-0.3, -0.25) is 0 Å². The van der Waals surface area contributed by atoms with Gasteiger partial charge in [0.2, 0.25) is 0 Å². The Morgan fingerprint density at radius 2 is 2.05 bits per heavy atom. The van der Waals surface area contributed by atoms with Gasteiger partial charge in [0.1, 0.15) is 0 Å². The maximum atomic E-state index is 13.9. The predicted molar refractivity (Wildman–Crippen MR) is 82.2 cm³/mol. The van der Waals surface area contributed by atoms with Crippen molar-refractivity contribution in [1.29, 1.82) is 0 Å². The molecule has 2 aromatic rings. The van der Waals surface area contributed by atoms with Gasteiger partial charge in [-0.15, -0.1) is 0 Å². The third-order valence-electron chi connectivity index (χ3n) is 4.61. The van der Waals surface area contributed by atoms with E-state index in [9.17, 15) is 4.39 Å². The zero-order valence-corrected chi connectivity index (χ0v) is 12.2. The molecule has 1 aliphatic rings. The van der Waals surface area contributed by atoms with Gasteiger partial charge in [0, 0.05) is 12.0 Å². The number of halogens is 1. The van der Waals surface area contributed by atoms with Crippen molar-refractivity contribution in [3.05, 3.63) is 65.0 Å². The Hall–Kier alpha value is -1.87. The molecule has 1 aliphatic carbocycles. The fraction of sp³-hybridized carbons (Fsp3) is 0.333. The average molecular weight is 285 g/mol. The Morgan fingerprint density at radius 3 is 2.76 bits per heavy atom. The maximum absolute atomic E-state index is 13.9. The van der Waals surface area contributed by atoms with Crippen LogP contribution in [-0.4, -0.2) is 13.7 Å². The van der Waals surface area contributed by atoms with Gasteiger partial charge >= 0.3 is 0 Å². The minimum absolute atomic E-state index is 0.0718. The van der Waals surface area contributed by atoms with Gasteiger partial charge in [0.05, 0.1) is 7.11 Å². The third kappa shape index (κ3) is 2.42. The van der Waals surface area contributed by atoms with Crippen LogP contribution in [-0.2, 0) is 18.3 Å². The summed E-state index contributed by atoms with van der Waals surface area (Å²) in [6.45, 7) is 0.581. The van der Waals surface area contributed by atoms with Crippen LogP contribution in [0.1, 0.15) is 23.1 Å². The van der Waals surface area contributed by atoms with Crippen molar-refractivity contribution in [3.63, 3.8) is 0 Å². The molecule has 1 atom stereocenters. The molecule has 21 heavy (non-hydrogen) atoms. The van der Waals surface area contributed by atoms with Gasteiger partial charge in [-0.25, -0.2) is 4.39 Å².